The van der Waals surface area contributed by atoms with Gasteiger partial charge in [0.25, 0.3) is 15.9 Å². The number of nitrogens with one attached hydrogen (secondary N) is 2. The molecule has 0 bridgehead atoms. The van der Waals surface area contributed by atoms with Gasteiger partial charge in [-0.1, -0.05) is 65.5 Å². The number of amides is 1. The summed E-state index contributed by atoms with van der Waals surface area (Å²) in [5.74, 6) is -0.304. The summed E-state index contributed by atoms with van der Waals surface area (Å²) in [5, 5.41) is 3.02. The summed E-state index contributed by atoms with van der Waals surface area (Å²) in [6, 6.07) is 24.6. The van der Waals surface area contributed by atoms with Gasteiger partial charge in [-0.2, -0.15) is 0 Å². The van der Waals surface area contributed by atoms with Gasteiger partial charge in [0, 0.05) is 5.56 Å². The second-order valence-electron chi connectivity index (χ2n) is 6.04. The number of rotatable bonds is 7. The van der Waals surface area contributed by atoms with E-state index in [9.17, 15) is 13.2 Å². The van der Waals surface area contributed by atoms with Crippen LogP contribution in [0.3, 0.4) is 0 Å². The van der Waals surface area contributed by atoms with Crippen molar-refractivity contribution in [1.29, 1.82) is 0 Å². The summed E-state index contributed by atoms with van der Waals surface area (Å²) in [7, 11) is -2.55. The Labute approximate surface area is 164 Å². The van der Waals surface area contributed by atoms with E-state index in [0.29, 0.717) is 5.56 Å². The Morgan fingerprint density at radius 1 is 0.821 bits per heavy atom. The summed E-state index contributed by atoms with van der Waals surface area (Å²) in [5.41, 5.74) is 2.25. The van der Waals surface area contributed by atoms with Crippen LogP contribution in [0.25, 0.3) is 0 Å². The fourth-order valence-corrected chi connectivity index (χ4v) is 3.62. The predicted molar refractivity (Wildman–Crippen MR) is 106 cm³/mol. The molecule has 0 saturated heterocycles. The SMILES string of the molecule is CONS(=O)(=O)c1ccc(C(=O)NC(c2ccccc2)c2ccccc2)cc1. The molecule has 0 atom stereocenters. The Bertz CT molecular complexity index is 982. The lowest BCUT2D eigenvalue weighted by Crippen LogP contribution is -2.29. The van der Waals surface area contributed by atoms with E-state index < -0.39 is 10.0 Å². The molecule has 1 amide bonds. The molecule has 0 aliphatic carbocycles. The molecule has 0 aliphatic heterocycles. The summed E-state index contributed by atoms with van der Waals surface area (Å²) in [4.78, 5) is 19.2. The topological polar surface area (TPSA) is 84.5 Å². The van der Waals surface area contributed by atoms with Gasteiger partial charge in [0.15, 0.2) is 0 Å². The molecule has 0 radical (unpaired) electrons. The van der Waals surface area contributed by atoms with Crippen molar-refractivity contribution in [3.8, 4) is 0 Å². The van der Waals surface area contributed by atoms with Gasteiger partial charge in [0.05, 0.1) is 18.0 Å². The van der Waals surface area contributed by atoms with E-state index in [1.165, 1.54) is 31.4 Å². The van der Waals surface area contributed by atoms with E-state index in [4.69, 9.17) is 0 Å². The van der Waals surface area contributed by atoms with Gasteiger partial charge >= 0.3 is 0 Å². The maximum absolute atomic E-state index is 12.8. The lowest BCUT2D eigenvalue weighted by Gasteiger charge is -2.20. The van der Waals surface area contributed by atoms with Crippen molar-refractivity contribution >= 4 is 15.9 Å². The molecular formula is C21H20N2O4S. The second-order valence-corrected chi connectivity index (χ2v) is 7.69. The lowest BCUT2D eigenvalue weighted by molar-refractivity contribution is 0.0943. The van der Waals surface area contributed by atoms with Crippen molar-refractivity contribution < 1.29 is 18.0 Å². The third-order valence-corrected chi connectivity index (χ3v) is 5.44. The number of hydrogen-bond donors (Lipinski definition) is 2. The third kappa shape index (κ3) is 4.64. The first-order chi connectivity index (χ1) is 13.5. The second kappa shape index (κ2) is 8.79. The fourth-order valence-electron chi connectivity index (χ4n) is 2.81. The first kappa shape index (κ1) is 19.8. The van der Waals surface area contributed by atoms with Gasteiger partial charge in [-0.25, -0.2) is 8.42 Å². The van der Waals surface area contributed by atoms with Crippen LogP contribution in [0.4, 0.5) is 0 Å². The van der Waals surface area contributed by atoms with Crippen LogP contribution in [-0.2, 0) is 14.9 Å². The zero-order valence-corrected chi connectivity index (χ0v) is 16.0. The van der Waals surface area contributed by atoms with Crippen LogP contribution in [-0.4, -0.2) is 21.4 Å². The van der Waals surface area contributed by atoms with E-state index in [2.05, 4.69) is 10.2 Å². The van der Waals surface area contributed by atoms with Crippen LogP contribution in [0.1, 0.15) is 27.5 Å². The predicted octanol–water partition coefficient (Wildman–Crippen LogP) is 3.05. The van der Waals surface area contributed by atoms with E-state index in [-0.39, 0.29) is 16.8 Å². The summed E-state index contributed by atoms with van der Waals surface area (Å²) in [6.45, 7) is 0. The standard InChI is InChI=1S/C21H20N2O4S/c1-27-23-28(25,26)19-14-12-18(13-15-19)21(24)22-20(16-8-4-2-5-9-16)17-10-6-3-7-11-17/h2-15,20,23H,1H3,(H,22,24). The Balaban J connectivity index is 1.85. The molecule has 7 heteroatoms. The van der Waals surface area contributed by atoms with Crippen LogP contribution < -0.4 is 10.2 Å². The monoisotopic (exact) mass is 396 g/mol. The average Bonchev–Trinajstić information content (AvgIpc) is 2.73. The van der Waals surface area contributed by atoms with Crippen LogP contribution >= 0.6 is 0 Å². The maximum atomic E-state index is 12.8. The molecule has 0 heterocycles. The zero-order valence-electron chi connectivity index (χ0n) is 15.2. The zero-order chi connectivity index (χ0) is 20.0. The molecule has 0 aliphatic rings. The Kier molecular flexibility index (Phi) is 6.20. The fraction of sp³-hybridized carbons (Fsp3) is 0.0952. The molecule has 3 rings (SSSR count). The molecule has 0 saturated carbocycles. The molecule has 28 heavy (non-hydrogen) atoms. The van der Waals surface area contributed by atoms with Crippen molar-refractivity contribution in [2.45, 2.75) is 10.9 Å². The van der Waals surface area contributed by atoms with Crippen LogP contribution in [0, 0.1) is 0 Å². The summed E-state index contributed by atoms with van der Waals surface area (Å²) in [6.07, 6.45) is 0. The molecule has 6 nitrogen and oxygen atoms in total. The molecular weight excluding hydrogens is 376 g/mol. The van der Waals surface area contributed by atoms with Crippen LogP contribution in [0.5, 0.6) is 0 Å². The van der Waals surface area contributed by atoms with E-state index in [0.717, 1.165) is 11.1 Å². The highest BCUT2D eigenvalue weighted by atomic mass is 32.2. The summed E-state index contributed by atoms with van der Waals surface area (Å²) < 4.78 is 23.8. The van der Waals surface area contributed by atoms with Crippen LogP contribution in [0.15, 0.2) is 89.8 Å². The lowest BCUT2D eigenvalue weighted by atomic mass is 9.98. The first-order valence-electron chi connectivity index (χ1n) is 8.57. The Hall–Kier alpha value is -3.00. The van der Waals surface area contributed by atoms with Gasteiger partial charge in [0.1, 0.15) is 0 Å². The molecule has 0 aromatic heterocycles. The maximum Gasteiger partial charge on any atom is 0.262 e. The molecule has 3 aromatic carbocycles. The Morgan fingerprint density at radius 2 is 1.32 bits per heavy atom. The number of carbonyl (C=O) groups excluding carboxylic acids is 1. The minimum atomic E-state index is -3.77. The number of hydrogen-bond acceptors (Lipinski definition) is 4. The smallest absolute Gasteiger partial charge is 0.262 e. The molecule has 0 spiro atoms. The molecule has 2 N–H and O–H groups in total. The van der Waals surface area contributed by atoms with Gasteiger partial charge in [-0.15, -0.1) is 0 Å². The van der Waals surface area contributed by atoms with Crippen molar-refractivity contribution in [3.05, 3.63) is 102 Å². The van der Waals surface area contributed by atoms with E-state index in [1.54, 1.807) is 0 Å². The van der Waals surface area contributed by atoms with E-state index in [1.807, 2.05) is 65.5 Å². The largest absolute Gasteiger partial charge is 0.341 e. The van der Waals surface area contributed by atoms with Crippen molar-refractivity contribution in [3.63, 3.8) is 0 Å². The first-order valence-corrected chi connectivity index (χ1v) is 10.1. The van der Waals surface area contributed by atoms with Crippen molar-refractivity contribution in [2.75, 3.05) is 7.11 Å². The van der Waals surface area contributed by atoms with Gasteiger partial charge in [-0.3, -0.25) is 9.63 Å². The molecule has 3 aromatic rings. The number of carbonyl (C=O) groups is 1. The minimum Gasteiger partial charge on any atom is -0.341 e. The van der Waals surface area contributed by atoms with Crippen LogP contribution in [0.2, 0.25) is 0 Å². The van der Waals surface area contributed by atoms with Gasteiger partial charge in [0.2, 0.25) is 0 Å². The normalized spacial score (nSPS) is 11.4. The van der Waals surface area contributed by atoms with Crippen molar-refractivity contribution in [2.24, 2.45) is 0 Å². The number of benzene rings is 3. The highest BCUT2D eigenvalue weighted by molar-refractivity contribution is 7.89. The number of sulfonamides is 1. The molecule has 0 unspecified atom stereocenters. The quantitative estimate of drug-likeness (QED) is 0.601. The third-order valence-electron chi connectivity index (χ3n) is 4.16. The highest BCUT2D eigenvalue weighted by Gasteiger charge is 2.19. The minimum absolute atomic E-state index is 0.00793. The van der Waals surface area contributed by atoms with E-state index >= 15 is 0 Å². The van der Waals surface area contributed by atoms with Crippen molar-refractivity contribution in [1.82, 2.24) is 10.2 Å². The summed E-state index contributed by atoms with van der Waals surface area (Å²) >= 11 is 0. The molecule has 0 fully saturated rings. The molecule has 144 valence electrons. The highest BCUT2D eigenvalue weighted by Crippen LogP contribution is 2.22. The average molecular weight is 396 g/mol. The van der Waals surface area contributed by atoms with Gasteiger partial charge < -0.3 is 5.32 Å². The van der Waals surface area contributed by atoms with Gasteiger partial charge in [-0.05, 0) is 35.4 Å². The Morgan fingerprint density at radius 3 is 1.79 bits per heavy atom.